The Morgan fingerprint density at radius 2 is 2.14 bits per heavy atom. The molecule has 2 N–H and O–H groups in total. The normalized spacial score (nSPS) is 20.8. The highest BCUT2D eigenvalue weighted by Crippen LogP contribution is 2.28. The van der Waals surface area contributed by atoms with E-state index >= 15 is 0 Å². The van der Waals surface area contributed by atoms with Gasteiger partial charge in [0.2, 0.25) is 0 Å². The highest BCUT2D eigenvalue weighted by Gasteiger charge is 2.42. The van der Waals surface area contributed by atoms with Gasteiger partial charge < -0.3 is 15.2 Å². The van der Waals surface area contributed by atoms with Gasteiger partial charge in [-0.25, -0.2) is 4.79 Å². The van der Waals surface area contributed by atoms with E-state index in [1.165, 1.54) is 7.11 Å². The standard InChI is InChI=1S/C16H20N2O4/c1-9(2)16(3)15(21)17-13(18-16)11-6-5-10(8-19)7-12(11)14(20)22-4/h5-7,9,19H,8H2,1-4H3,(H,17,18,21). The Morgan fingerprint density at radius 3 is 2.64 bits per heavy atom. The third kappa shape index (κ3) is 2.62. The number of aliphatic imine (C=N–C) groups is 1. The third-order valence-electron chi connectivity index (χ3n) is 4.09. The van der Waals surface area contributed by atoms with Crippen LogP contribution in [0.5, 0.6) is 0 Å². The van der Waals surface area contributed by atoms with Gasteiger partial charge in [-0.15, -0.1) is 0 Å². The molecule has 6 nitrogen and oxygen atoms in total. The van der Waals surface area contributed by atoms with Crippen molar-refractivity contribution in [3.63, 3.8) is 0 Å². The molecule has 1 heterocycles. The fraction of sp³-hybridized carbons (Fsp3) is 0.438. The number of esters is 1. The van der Waals surface area contributed by atoms with Crippen LogP contribution in [-0.2, 0) is 16.1 Å². The minimum Gasteiger partial charge on any atom is -0.465 e. The Hall–Kier alpha value is -2.21. The van der Waals surface area contributed by atoms with E-state index in [1.807, 2.05) is 13.8 Å². The Bertz CT molecular complexity index is 652. The molecular formula is C16H20N2O4. The monoisotopic (exact) mass is 304 g/mol. The van der Waals surface area contributed by atoms with Crippen LogP contribution in [0.25, 0.3) is 0 Å². The molecule has 0 radical (unpaired) electrons. The summed E-state index contributed by atoms with van der Waals surface area (Å²) in [5.74, 6) is -0.366. The molecule has 1 atom stereocenters. The van der Waals surface area contributed by atoms with Gasteiger partial charge in [0.05, 0.1) is 19.3 Å². The summed E-state index contributed by atoms with van der Waals surface area (Å²) in [5, 5.41) is 12.0. The van der Waals surface area contributed by atoms with Gasteiger partial charge in [0.1, 0.15) is 11.4 Å². The van der Waals surface area contributed by atoms with Crippen LogP contribution in [0.1, 0.15) is 42.3 Å². The lowest BCUT2D eigenvalue weighted by Crippen LogP contribution is -2.41. The zero-order chi connectivity index (χ0) is 16.5. The lowest BCUT2D eigenvalue weighted by Gasteiger charge is -2.21. The summed E-state index contributed by atoms with van der Waals surface area (Å²) < 4.78 is 4.77. The van der Waals surface area contributed by atoms with Crippen molar-refractivity contribution in [1.82, 2.24) is 5.32 Å². The van der Waals surface area contributed by atoms with Crippen molar-refractivity contribution in [3.8, 4) is 0 Å². The molecular weight excluding hydrogens is 284 g/mol. The number of rotatable bonds is 4. The number of amidine groups is 1. The summed E-state index contributed by atoms with van der Waals surface area (Å²) in [5.41, 5.74) is 0.474. The first-order chi connectivity index (χ1) is 10.3. The van der Waals surface area contributed by atoms with Gasteiger partial charge >= 0.3 is 5.97 Å². The molecule has 0 bridgehead atoms. The van der Waals surface area contributed by atoms with E-state index < -0.39 is 11.5 Å². The second-order valence-corrected chi connectivity index (χ2v) is 5.75. The number of benzene rings is 1. The fourth-order valence-electron chi connectivity index (χ4n) is 2.24. The topological polar surface area (TPSA) is 88.0 Å². The lowest BCUT2D eigenvalue weighted by atomic mass is 9.89. The average Bonchev–Trinajstić information content (AvgIpc) is 2.82. The second-order valence-electron chi connectivity index (χ2n) is 5.75. The van der Waals surface area contributed by atoms with Gasteiger partial charge in [0.15, 0.2) is 0 Å². The predicted octanol–water partition coefficient (Wildman–Crippen LogP) is 1.26. The lowest BCUT2D eigenvalue weighted by molar-refractivity contribution is -0.124. The van der Waals surface area contributed by atoms with Crippen molar-refractivity contribution in [2.45, 2.75) is 32.9 Å². The average molecular weight is 304 g/mol. The summed E-state index contributed by atoms with van der Waals surface area (Å²) in [6, 6.07) is 4.88. The van der Waals surface area contributed by atoms with Gasteiger partial charge in [-0.2, -0.15) is 0 Å². The van der Waals surface area contributed by atoms with Crippen molar-refractivity contribution in [3.05, 3.63) is 34.9 Å². The number of carbonyl (C=O) groups is 2. The number of nitrogens with zero attached hydrogens (tertiary/aromatic N) is 1. The molecule has 0 aromatic heterocycles. The first-order valence-corrected chi connectivity index (χ1v) is 7.07. The number of nitrogens with one attached hydrogen (secondary N) is 1. The molecule has 1 amide bonds. The van der Waals surface area contributed by atoms with Crippen LogP contribution in [0, 0.1) is 5.92 Å². The molecule has 1 aromatic rings. The minimum atomic E-state index is -0.863. The number of hydrogen-bond donors (Lipinski definition) is 2. The van der Waals surface area contributed by atoms with Crippen LogP contribution in [0.4, 0.5) is 0 Å². The largest absolute Gasteiger partial charge is 0.465 e. The maximum absolute atomic E-state index is 12.2. The molecule has 2 rings (SSSR count). The molecule has 1 aliphatic rings. The predicted molar refractivity (Wildman–Crippen MR) is 81.6 cm³/mol. The van der Waals surface area contributed by atoms with Crippen LogP contribution in [0.2, 0.25) is 0 Å². The van der Waals surface area contributed by atoms with Gasteiger partial charge in [0, 0.05) is 5.56 Å². The SMILES string of the molecule is COC(=O)c1cc(CO)ccc1C1=NC(C)(C(C)C)C(=O)N1. The van der Waals surface area contributed by atoms with E-state index in [9.17, 15) is 14.7 Å². The number of ether oxygens (including phenoxy) is 1. The van der Waals surface area contributed by atoms with Gasteiger partial charge in [-0.3, -0.25) is 9.79 Å². The number of amides is 1. The molecule has 6 heteroatoms. The fourth-order valence-corrected chi connectivity index (χ4v) is 2.24. The molecule has 1 aliphatic heterocycles. The van der Waals surface area contributed by atoms with E-state index in [1.54, 1.807) is 25.1 Å². The quantitative estimate of drug-likeness (QED) is 0.820. The highest BCUT2D eigenvalue weighted by atomic mass is 16.5. The Kier molecular flexibility index (Phi) is 4.32. The van der Waals surface area contributed by atoms with Gasteiger partial charge in [-0.1, -0.05) is 26.0 Å². The molecule has 0 spiro atoms. The summed E-state index contributed by atoms with van der Waals surface area (Å²) in [6.45, 7) is 5.41. The zero-order valence-electron chi connectivity index (χ0n) is 13.1. The first-order valence-electron chi connectivity index (χ1n) is 7.07. The number of carbonyl (C=O) groups excluding carboxylic acids is 2. The zero-order valence-corrected chi connectivity index (χ0v) is 13.1. The molecule has 0 saturated heterocycles. The number of hydrogen-bond acceptors (Lipinski definition) is 5. The number of methoxy groups -OCH3 is 1. The Labute approximate surface area is 129 Å². The van der Waals surface area contributed by atoms with Crippen molar-refractivity contribution in [2.24, 2.45) is 10.9 Å². The van der Waals surface area contributed by atoms with Crippen molar-refractivity contribution >= 4 is 17.7 Å². The van der Waals surface area contributed by atoms with Crippen molar-refractivity contribution < 1.29 is 19.4 Å². The van der Waals surface area contributed by atoms with E-state index in [2.05, 4.69) is 10.3 Å². The maximum atomic E-state index is 12.2. The summed E-state index contributed by atoms with van der Waals surface area (Å²) in [4.78, 5) is 28.7. The number of aliphatic hydroxyl groups excluding tert-OH is 1. The summed E-state index contributed by atoms with van der Waals surface area (Å²) in [6.07, 6.45) is 0. The van der Waals surface area contributed by atoms with Crippen LogP contribution in [0.15, 0.2) is 23.2 Å². The molecule has 0 fully saturated rings. The van der Waals surface area contributed by atoms with Gasteiger partial charge in [0.25, 0.3) is 5.91 Å². The van der Waals surface area contributed by atoms with Crippen LogP contribution in [0.3, 0.4) is 0 Å². The molecule has 1 unspecified atom stereocenters. The van der Waals surface area contributed by atoms with E-state index in [4.69, 9.17) is 4.74 Å². The Morgan fingerprint density at radius 1 is 1.45 bits per heavy atom. The second kappa shape index (κ2) is 5.88. The summed E-state index contributed by atoms with van der Waals surface area (Å²) in [7, 11) is 1.28. The molecule has 22 heavy (non-hydrogen) atoms. The third-order valence-corrected chi connectivity index (χ3v) is 4.09. The molecule has 118 valence electrons. The molecule has 0 saturated carbocycles. The van der Waals surface area contributed by atoms with Crippen LogP contribution in [-0.4, -0.2) is 35.5 Å². The molecule has 0 aliphatic carbocycles. The Balaban J connectivity index is 2.54. The first kappa shape index (κ1) is 16.2. The van der Waals surface area contributed by atoms with Crippen molar-refractivity contribution in [2.75, 3.05) is 7.11 Å². The smallest absolute Gasteiger partial charge is 0.338 e. The van der Waals surface area contributed by atoms with E-state index in [0.717, 1.165) is 0 Å². The molecule has 1 aromatic carbocycles. The minimum absolute atomic E-state index is 0.0169. The van der Waals surface area contributed by atoms with Gasteiger partial charge in [-0.05, 0) is 24.5 Å². The van der Waals surface area contributed by atoms with Crippen LogP contribution < -0.4 is 5.32 Å². The highest BCUT2D eigenvalue weighted by molar-refractivity contribution is 6.18. The van der Waals surface area contributed by atoms with Crippen LogP contribution >= 0.6 is 0 Å². The van der Waals surface area contributed by atoms with E-state index in [-0.39, 0.29) is 24.0 Å². The van der Waals surface area contributed by atoms with E-state index in [0.29, 0.717) is 17.0 Å². The number of aliphatic hydroxyl groups is 1. The summed E-state index contributed by atoms with van der Waals surface area (Å²) >= 11 is 0. The van der Waals surface area contributed by atoms with Crippen molar-refractivity contribution in [1.29, 1.82) is 0 Å². The maximum Gasteiger partial charge on any atom is 0.338 e.